The number of fused-ring (bicyclic) bond motifs is 2. The SMILES string of the molecule is NC(O)CCc1cc2nccc(-c3cc(Cl)cc4c3O[C@@H](C(=O)N3CCNCC3)C4)c2s1. The van der Waals surface area contributed by atoms with E-state index < -0.39 is 12.3 Å². The van der Waals surface area contributed by atoms with Crippen molar-refractivity contribution in [3.63, 3.8) is 0 Å². The Morgan fingerprint density at radius 2 is 2.16 bits per heavy atom. The highest BCUT2D eigenvalue weighted by Gasteiger charge is 2.35. The number of benzene rings is 1. The van der Waals surface area contributed by atoms with Crippen molar-refractivity contribution in [2.75, 3.05) is 26.2 Å². The van der Waals surface area contributed by atoms with Gasteiger partial charge in [0.25, 0.3) is 5.91 Å². The van der Waals surface area contributed by atoms with Crippen LogP contribution in [0.3, 0.4) is 0 Å². The van der Waals surface area contributed by atoms with E-state index in [1.165, 1.54) is 0 Å². The first kappa shape index (κ1) is 21.6. The van der Waals surface area contributed by atoms with E-state index >= 15 is 0 Å². The summed E-state index contributed by atoms with van der Waals surface area (Å²) in [6.45, 7) is 3.00. The fourth-order valence-electron chi connectivity index (χ4n) is 4.36. The Morgan fingerprint density at radius 1 is 1.34 bits per heavy atom. The molecule has 0 saturated carbocycles. The molecule has 1 aromatic carbocycles. The molecular weight excluding hydrogens is 448 g/mol. The van der Waals surface area contributed by atoms with Gasteiger partial charge >= 0.3 is 0 Å². The first-order valence-electron chi connectivity index (χ1n) is 10.8. The molecule has 5 rings (SSSR count). The number of nitrogens with zero attached hydrogens (tertiary/aromatic N) is 2. The summed E-state index contributed by atoms with van der Waals surface area (Å²) in [4.78, 5) is 20.5. The number of nitrogens with one attached hydrogen (secondary N) is 1. The van der Waals surface area contributed by atoms with Crippen molar-refractivity contribution in [2.45, 2.75) is 31.6 Å². The van der Waals surface area contributed by atoms with E-state index in [2.05, 4.69) is 10.3 Å². The van der Waals surface area contributed by atoms with Crippen LogP contribution in [0.25, 0.3) is 21.3 Å². The summed E-state index contributed by atoms with van der Waals surface area (Å²) in [5, 5.41) is 13.3. The molecule has 4 heterocycles. The molecule has 4 N–H and O–H groups in total. The smallest absolute Gasteiger partial charge is 0.264 e. The summed E-state index contributed by atoms with van der Waals surface area (Å²) in [5.74, 6) is 0.756. The number of aryl methyl sites for hydroxylation is 1. The standard InChI is InChI=1S/C23H25ClN4O3S/c24-14-9-13-10-19(23(30)28-7-5-26-6-8-28)31-21(13)17(11-14)16-3-4-27-18-12-15(32-22(16)18)1-2-20(25)29/h3-4,9,11-12,19-20,26,29H,1-2,5-8,10,25H2/t19-,20?/m1/s1. The molecule has 1 amide bonds. The second-order valence-corrected chi connectivity index (χ2v) is 9.79. The number of rotatable bonds is 5. The van der Waals surface area contributed by atoms with Gasteiger partial charge in [0.05, 0.1) is 10.2 Å². The zero-order chi connectivity index (χ0) is 22.2. The number of hydrogen-bond donors (Lipinski definition) is 3. The lowest BCUT2D eigenvalue weighted by atomic mass is 10.0. The van der Waals surface area contributed by atoms with Crippen molar-refractivity contribution in [3.05, 3.63) is 45.9 Å². The van der Waals surface area contributed by atoms with Crippen LogP contribution in [0.15, 0.2) is 30.5 Å². The van der Waals surface area contributed by atoms with Gasteiger partial charge in [0, 0.05) is 65.4 Å². The summed E-state index contributed by atoms with van der Waals surface area (Å²) in [5.41, 5.74) is 9.20. The summed E-state index contributed by atoms with van der Waals surface area (Å²) >= 11 is 8.11. The zero-order valence-corrected chi connectivity index (χ0v) is 19.1. The lowest BCUT2D eigenvalue weighted by Crippen LogP contribution is -2.50. The molecule has 0 spiro atoms. The van der Waals surface area contributed by atoms with Gasteiger partial charge in [-0.05, 0) is 37.1 Å². The number of nitrogens with two attached hydrogens (primary N) is 1. The van der Waals surface area contributed by atoms with Crippen LogP contribution in [0.4, 0.5) is 0 Å². The van der Waals surface area contributed by atoms with E-state index in [1.54, 1.807) is 17.5 Å². The number of aliphatic hydroxyl groups is 1. The summed E-state index contributed by atoms with van der Waals surface area (Å²) in [6.07, 6.45) is 2.11. The summed E-state index contributed by atoms with van der Waals surface area (Å²) in [6, 6.07) is 7.79. The Kier molecular flexibility index (Phi) is 6.05. The van der Waals surface area contributed by atoms with E-state index in [1.807, 2.05) is 29.2 Å². The molecule has 32 heavy (non-hydrogen) atoms. The average Bonchev–Trinajstić information content (AvgIpc) is 3.41. The minimum absolute atomic E-state index is 0.0309. The Labute approximate surface area is 195 Å². The van der Waals surface area contributed by atoms with E-state index in [0.29, 0.717) is 37.4 Å². The van der Waals surface area contributed by atoms with Gasteiger partial charge in [-0.3, -0.25) is 9.78 Å². The second-order valence-electron chi connectivity index (χ2n) is 8.22. The van der Waals surface area contributed by atoms with Crippen molar-refractivity contribution in [1.82, 2.24) is 15.2 Å². The van der Waals surface area contributed by atoms with Gasteiger partial charge in [-0.25, -0.2) is 0 Å². The lowest BCUT2D eigenvalue weighted by molar-refractivity contribution is -0.138. The normalized spacial score (nSPS) is 19.1. The van der Waals surface area contributed by atoms with Gasteiger partial charge in [0.15, 0.2) is 6.10 Å². The Hall–Kier alpha value is -2.23. The van der Waals surface area contributed by atoms with Gasteiger partial charge in [-0.1, -0.05) is 11.6 Å². The highest BCUT2D eigenvalue weighted by atomic mass is 35.5. The number of aromatic nitrogens is 1. The first-order valence-corrected chi connectivity index (χ1v) is 12.0. The maximum Gasteiger partial charge on any atom is 0.264 e. The minimum Gasteiger partial charge on any atom is -0.479 e. The maximum atomic E-state index is 13.0. The number of piperazine rings is 1. The van der Waals surface area contributed by atoms with Crippen LogP contribution in [-0.2, 0) is 17.6 Å². The van der Waals surface area contributed by atoms with Gasteiger partial charge in [-0.2, -0.15) is 0 Å². The number of ether oxygens (including phenoxy) is 1. The van der Waals surface area contributed by atoms with Crippen molar-refractivity contribution in [3.8, 4) is 16.9 Å². The molecule has 0 radical (unpaired) electrons. The Bertz CT molecular complexity index is 1160. The third-order valence-electron chi connectivity index (χ3n) is 5.94. The molecular formula is C23H25ClN4O3S. The second kappa shape index (κ2) is 8.96. The predicted octanol–water partition coefficient (Wildman–Crippen LogP) is 2.56. The first-order chi connectivity index (χ1) is 15.5. The number of hydrogen-bond acceptors (Lipinski definition) is 7. The topological polar surface area (TPSA) is 101 Å². The van der Waals surface area contributed by atoms with Crippen LogP contribution in [0.1, 0.15) is 16.9 Å². The summed E-state index contributed by atoms with van der Waals surface area (Å²) in [7, 11) is 0. The van der Waals surface area contributed by atoms with Crippen molar-refractivity contribution in [1.29, 1.82) is 0 Å². The fraction of sp³-hybridized carbons (Fsp3) is 0.391. The molecule has 2 aliphatic rings. The molecule has 3 aromatic rings. The highest BCUT2D eigenvalue weighted by Crippen LogP contribution is 2.44. The molecule has 0 aliphatic carbocycles. The highest BCUT2D eigenvalue weighted by molar-refractivity contribution is 7.19. The molecule has 9 heteroatoms. The maximum absolute atomic E-state index is 13.0. The largest absolute Gasteiger partial charge is 0.479 e. The number of carbonyl (C=O) groups excluding carboxylic acids is 1. The molecule has 7 nitrogen and oxygen atoms in total. The predicted molar refractivity (Wildman–Crippen MR) is 126 cm³/mol. The van der Waals surface area contributed by atoms with E-state index in [4.69, 9.17) is 22.1 Å². The number of thiophene rings is 1. The Balaban J connectivity index is 1.49. The van der Waals surface area contributed by atoms with Crippen molar-refractivity contribution >= 4 is 39.1 Å². The minimum atomic E-state index is -0.831. The number of carbonyl (C=O) groups is 1. The Morgan fingerprint density at radius 3 is 2.94 bits per heavy atom. The van der Waals surface area contributed by atoms with Gasteiger partial charge < -0.3 is 25.8 Å². The van der Waals surface area contributed by atoms with Crippen molar-refractivity contribution < 1.29 is 14.6 Å². The van der Waals surface area contributed by atoms with Gasteiger partial charge in [-0.15, -0.1) is 11.3 Å². The number of halogens is 1. The van der Waals surface area contributed by atoms with Crippen LogP contribution < -0.4 is 15.8 Å². The quantitative estimate of drug-likeness (QED) is 0.493. The third kappa shape index (κ3) is 4.21. The van der Waals surface area contributed by atoms with Crippen LogP contribution in [0, 0.1) is 0 Å². The molecule has 2 aromatic heterocycles. The van der Waals surface area contributed by atoms with Crippen LogP contribution in [0.2, 0.25) is 5.02 Å². The average molecular weight is 473 g/mol. The monoisotopic (exact) mass is 472 g/mol. The van der Waals surface area contributed by atoms with Crippen LogP contribution in [0.5, 0.6) is 5.75 Å². The van der Waals surface area contributed by atoms with Gasteiger partial charge in [0.1, 0.15) is 12.0 Å². The fourth-order valence-corrected chi connectivity index (χ4v) is 5.76. The molecule has 1 saturated heterocycles. The molecule has 2 aliphatic heterocycles. The molecule has 0 bridgehead atoms. The number of pyridine rings is 1. The van der Waals surface area contributed by atoms with Crippen molar-refractivity contribution in [2.24, 2.45) is 5.73 Å². The molecule has 1 unspecified atom stereocenters. The van der Waals surface area contributed by atoms with E-state index in [0.717, 1.165) is 50.6 Å². The lowest BCUT2D eigenvalue weighted by Gasteiger charge is -2.29. The van der Waals surface area contributed by atoms with Crippen LogP contribution in [-0.4, -0.2) is 59.4 Å². The third-order valence-corrected chi connectivity index (χ3v) is 7.38. The van der Waals surface area contributed by atoms with E-state index in [9.17, 15) is 9.90 Å². The van der Waals surface area contributed by atoms with Crippen LogP contribution >= 0.6 is 22.9 Å². The molecule has 1 fully saturated rings. The molecule has 168 valence electrons. The molecule has 2 atom stereocenters. The number of aliphatic hydroxyl groups excluding tert-OH is 1. The summed E-state index contributed by atoms with van der Waals surface area (Å²) < 4.78 is 7.29. The van der Waals surface area contributed by atoms with E-state index in [-0.39, 0.29) is 5.91 Å². The number of amides is 1. The van der Waals surface area contributed by atoms with Gasteiger partial charge in [0.2, 0.25) is 0 Å². The zero-order valence-electron chi connectivity index (χ0n) is 17.5.